The van der Waals surface area contributed by atoms with E-state index in [9.17, 15) is 18.0 Å². The van der Waals surface area contributed by atoms with Crippen LogP contribution in [0, 0.1) is 6.92 Å². The number of ether oxygens (including phenoxy) is 1. The number of aryl methyl sites for hydroxylation is 1. The van der Waals surface area contributed by atoms with Gasteiger partial charge in [0, 0.05) is 19.0 Å². The molecule has 1 atom stereocenters. The van der Waals surface area contributed by atoms with E-state index in [0.29, 0.717) is 11.4 Å². The van der Waals surface area contributed by atoms with E-state index in [-0.39, 0.29) is 29.8 Å². The van der Waals surface area contributed by atoms with Crippen LogP contribution in [0.5, 0.6) is 5.75 Å². The lowest BCUT2D eigenvalue weighted by atomic mass is 9.94. The van der Waals surface area contributed by atoms with Gasteiger partial charge in [-0.15, -0.1) is 0 Å². The molecule has 1 N–H and O–H groups in total. The molecule has 5 rings (SSSR count). The molecule has 0 spiro atoms. The fraction of sp³-hybridized carbons (Fsp3) is 0.316. The smallest absolute Gasteiger partial charge is 0.264 e. The molecule has 0 heterocycles. The van der Waals surface area contributed by atoms with E-state index >= 15 is 0 Å². The van der Waals surface area contributed by atoms with E-state index in [4.69, 9.17) is 4.74 Å². The Morgan fingerprint density at radius 1 is 0.830 bits per heavy atom. The van der Waals surface area contributed by atoms with Crippen LogP contribution in [0.15, 0.2) is 114 Å². The van der Waals surface area contributed by atoms with Gasteiger partial charge in [-0.1, -0.05) is 92.1 Å². The molecule has 4 aromatic rings. The molecule has 0 aromatic heterocycles. The zero-order valence-electron chi connectivity index (χ0n) is 27.0. The van der Waals surface area contributed by atoms with Crippen LogP contribution >= 0.6 is 0 Å². The van der Waals surface area contributed by atoms with Gasteiger partial charge >= 0.3 is 0 Å². The molecule has 47 heavy (non-hydrogen) atoms. The minimum absolute atomic E-state index is 0.0409. The third-order valence-electron chi connectivity index (χ3n) is 8.80. The third kappa shape index (κ3) is 8.60. The van der Waals surface area contributed by atoms with Gasteiger partial charge in [-0.25, -0.2) is 8.42 Å². The van der Waals surface area contributed by atoms with E-state index in [1.54, 1.807) is 47.4 Å². The van der Waals surface area contributed by atoms with Crippen molar-refractivity contribution >= 4 is 27.5 Å². The van der Waals surface area contributed by atoms with Crippen LogP contribution in [-0.2, 0) is 32.6 Å². The number of anilines is 1. The molecule has 0 saturated heterocycles. The number of carbonyl (C=O) groups excluding carboxylic acids is 2. The monoisotopic (exact) mass is 653 g/mol. The van der Waals surface area contributed by atoms with E-state index in [1.165, 1.54) is 19.2 Å². The SMILES string of the molecule is COc1ccc(N(CC(=O)N(Cc2ccccc2C)[C@H](Cc2ccccc2)C(=O)NC2CCCCC2)S(=O)(=O)c2ccccc2)cc1. The predicted molar refractivity (Wildman–Crippen MR) is 185 cm³/mol. The first-order valence-corrected chi connectivity index (χ1v) is 17.6. The van der Waals surface area contributed by atoms with Gasteiger partial charge in [0.1, 0.15) is 18.3 Å². The van der Waals surface area contributed by atoms with Crippen LogP contribution in [0.1, 0.15) is 48.8 Å². The van der Waals surface area contributed by atoms with Gasteiger partial charge in [-0.3, -0.25) is 13.9 Å². The maximum Gasteiger partial charge on any atom is 0.264 e. The Labute approximate surface area is 278 Å². The summed E-state index contributed by atoms with van der Waals surface area (Å²) >= 11 is 0. The quantitative estimate of drug-likeness (QED) is 0.183. The van der Waals surface area contributed by atoms with Crippen LogP contribution < -0.4 is 14.4 Å². The maximum absolute atomic E-state index is 14.7. The summed E-state index contributed by atoms with van der Waals surface area (Å²) in [5, 5.41) is 3.25. The third-order valence-corrected chi connectivity index (χ3v) is 10.6. The van der Waals surface area contributed by atoms with Crippen LogP contribution in [0.25, 0.3) is 0 Å². The molecule has 0 radical (unpaired) electrons. The number of benzene rings is 4. The topological polar surface area (TPSA) is 96.0 Å². The number of rotatable bonds is 13. The molecule has 1 saturated carbocycles. The lowest BCUT2D eigenvalue weighted by Crippen LogP contribution is -2.55. The molecular weight excluding hydrogens is 611 g/mol. The van der Waals surface area contributed by atoms with Crippen molar-refractivity contribution in [2.45, 2.75) is 69.0 Å². The Morgan fingerprint density at radius 2 is 1.45 bits per heavy atom. The van der Waals surface area contributed by atoms with Crippen molar-refractivity contribution in [3.8, 4) is 5.75 Å². The van der Waals surface area contributed by atoms with Crippen molar-refractivity contribution in [1.29, 1.82) is 0 Å². The van der Waals surface area contributed by atoms with Gasteiger partial charge in [0.15, 0.2) is 0 Å². The summed E-state index contributed by atoms with van der Waals surface area (Å²) in [5.74, 6) is -0.159. The Hall–Kier alpha value is -4.63. The minimum atomic E-state index is -4.17. The molecule has 8 nitrogen and oxygen atoms in total. The molecule has 0 unspecified atom stereocenters. The summed E-state index contributed by atoms with van der Waals surface area (Å²) in [7, 11) is -2.63. The zero-order valence-corrected chi connectivity index (χ0v) is 27.9. The highest BCUT2D eigenvalue weighted by atomic mass is 32.2. The fourth-order valence-corrected chi connectivity index (χ4v) is 7.50. The molecule has 0 aliphatic heterocycles. The van der Waals surface area contributed by atoms with Crippen LogP contribution in [-0.4, -0.2) is 50.9 Å². The van der Waals surface area contributed by atoms with Crippen molar-refractivity contribution < 1.29 is 22.7 Å². The number of amides is 2. The minimum Gasteiger partial charge on any atom is -0.497 e. The number of hydrogen-bond acceptors (Lipinski definition) is 5. The molecule has 1 aliphatic rings. The molecule has 1 fully saturated rings. The summed E-state index contributed by atoms with van der Waals surface area (Å²) in [6.45, 7) is 1.61. The Balaban J connectivity index is 1.56. The summed E-state index contributed by atoms with van der Waals surface area (Å²) in [4.78, 5) is 30.5. The van der Waals surface area contributed by atoms with Gasteiger partial charge in [-0.2, -0.15) is 0 Å². The summed E-state index contributed by atoms with van der Waals surface area (Å²) < 4.78 is 34.7. The lowest BCUT2D eigenvalue weighted by Gasteiger charge is -2.35. The van der Waals surface area contributed by atoms with Crippen LogP contribution in [0.4, 0.5) is 5.69 Å². The van der Waals surface area contributed by atoms with E-state index in [0.717, 1.165) is 53.1 Å². The molecule has 1 aliphatic carbocycles. The summed E-state index contributed by atoms with van der Waals surface area (Å²) in [6.07, 6.45) is 5.33. The second kappa shape index (κ2) is 15.8. The average molecular weight is 654 g/mol. The summed E-state index contributed by atoms with van der Waals surface area (Å²) in [6, 6.07) is 31.2. The van der Waals surface area contributed by atoms with E-state index in [1.807, 2.05) is 61.5 Å². The number of methoxy groups -OCH3 is 1. The Bertz CT molecular complexity index is 1720. The van der Waals surface area contributed by atoms with Crippen molar-refractivity contribution in [2.24, 2.45) is 0 Å². The first kappa shape index (κ1) is 33.7. The highest BCUT2D eigenvalue weighted by molar-refractivity contribution is 7.92. The predicted octanol–water partition coefficient (Wildman–Crippen LogP) is 6.29. The average Bonchev–Trinajstić information content (AvgIpc) is 3.10. The molecular formula is C38H43N3O5S. The van der Waals surface area contributed by atoms with Gasteiger partial charge < -0.3 is 15.0 Å². The highest BCUT2D eigenvalue weighted by Gasteiger charge is 2.35. The van der Waals surface area contributed by atoms with Crippen molar-refractivity contribution in [1.82, 2.24) is 10.2 Å². The van der Waals surface area contributed by atoms with Crippen LogP contribution in [0.2, 0.25) is 0 Å². The maximum atomic E-state index is 14.7. The standard InChI is InChI=1S/C38H43N3O5S/c1-29-14-12-13-17-31(29)27-40(36(26-30-15-6-3-7-16-30)38(43)39-32-18-8-4-9-19-32)37(42)28-41(33-22-24-34(46-2)25-23-33)47(44,45)35-20-10-5-11-21-35/h3,5-7,10-17,20-25,32,36H,4,8-9,18-19,26-28H2,1-2H3,(H,39,43)/t36-/m1/s1. The van der Waals surface area contributed by atoms with E-state index < -0.39 is 28.5 Å². The number of nitrogens with zero attached hydrogens (tertiary/aromatic N) is 2. The zero-order chi connectivity index (χ0) is 33.2. The Kier molecular flexibility index (Phi) is 11.3. The van der Waals surface area contributed by atoms with Gasteiger partial charge in [-0.05, 0) is 72.9 Å². The first-order valence-electron chi connectivity index (χ1n) is 16.2. The largest absolute Gasteiger partial charge is 0.497 e. The number of hydrogen-bond donors (Lipinski definition) is 1. The number of nitrogens with one attached hydrogen (secondary N) is 1. The summed E-state index contributed by atoms with van der Waals surface area (Å²) in [5.41, 5.74) is 3.07. The van der Waals surface area contributed by atoms with Gasteiger partial charge in [0.05, 0.1) is 17.7 Å². The highest BCUT2D eigenvalue weighted by Crippen LogP contribution is 2.27. The van der Waals surface area contributed by atoms with Crippen molar-refractivity contribution in [2.75, 3.05) is 18.0 Å². The van der Waals surface area contributed by atoms with Gasteiger partial charge in [0.2, 0.25) is 11.8 Å². The molecule has 2 amide bonds. The van der Waals surface area contributed by atoms with Crippen molar-refractivity contribution in [3.05, 3.63) is 126 Å². The number of carbonyl (C=O) groups is 2. The Morgan fingerprint density at radius 3 is 2.09 bits per heavy atom. The normalized spacial score (nSPS) is 14.2. The van der Waals surface area contributed by atoms with Crippen LogP contribution in [0.3, 0.4) is 0 Å². The molecule has 9 heteroatoms. The molecule has 246 valence electrons. The first-order chi connectivity index (χ1) is 22.8. The van der Waals surface area contributed by atoms with E-state index in [2.05, 4.69) is 5.32 Å². The lowest BCUT2D eigenvalue weighted by molar-refractivity contribution is -0.140. The second-order valence-corrected chi connectivity index (χ2v) is 13.9. The molecule has 0 bridgehead atoms. The van der Waals surface area contributed by atoms with Crippen molar-refractivity contribution in [3.63, 3.8) is 0 Å². The van der Waals surface area contributed by atoms with Gasteiger partial charge in [0.25, 0.3) is 10.0 Å². The molecule has 4 aromatic carbocycles. The second-order valence-electron chi connectivity index (χ2n) is 12.0. The fourth-order valence-electron chi connectivity index (χ4n) is 6.07. The number of sulfonamides is 1.